The fraction of sp³-hybridized carbons (Fsp3) is 0.469. The van der Waals surface area contributed by atoms with Crippen LogP contribution < -0.4 is 19.9 Å². The molecule has 1 aliphatic heterocycles. The summed E-state index contributed by atoms with van der Waals surface area (Å²) in [4.78, 5) is 41.4. The molecular formula is C32H36F6N6O5. The summed E-state index contributed by atoms with van der Waals surface area (Å²) in [5.41, 5.74) is -1.98. The van der Waals surface area contributed by atoms with Crippen LogP contribution in [0.25, 0.3) is 0 Å². The average Bonchev–Trinajstić information content (AvgIpc) is 3.05. The fourth-order valence-electron chi connectivity index (χ4n) is 5.51. The molecule has 3 aromatic rings. The Bertz CT molecular complexity index is 1620. The van der Waals surface area contributed by atoms with Crippen molar-refractivity contribution in [3.63, 3.8) is 0 Å². The number of methoxy groups -OCH3 is 2. The number of alkyl halides is 6. The topological polar surface area (TPSA) is 119 Å². The van der Waals surface area contributed by atoms with Crippen molar-refractivity contribution in [3.05, 3.63) is 64.6 Å². The number of nitrogens with one attached hydrogen (secondary N) is 1. The third kappa shape index (κ3) is 8.80. The minimum Gasteiger partial charge on any atom is -0.481 e. The van der Waals surface area contributed by atoms with Crippen LogP contribution in [0.15, 0.2) is 36.5 Å². The van der Waals surface area contributed by atoms with Crippen LogP contribution in [0.3, 0.4) is 0 Å². The van der Waals surface area contributed by atoms with Crippen molar-refractivity contribution in [1.82, 2.24) is 15.0 Å². The molecule has 11 nitrogen and oxygen atoms in total. The van der Waals surface area contributed by atoms with E-state index in [1.165, 1.54) is 25.3 Å². The van der Waals surface area contributed by atoms with E-state index in [4.69, 9.17) is 9.47 Å². The van der Waals surface area contributed by atoms with Crippen LogP contribution in [-0.2, 0) is 33.0 Å². The number of carbonyl (C=O) groups excluding carboxylic acids is 2. The summed E-state index contributed by atoms with van der Waals surface area (Å²) in [6, 6.07) is 3.68. The van der Waals surface area contributed by atoms with Gasteiger partial charge in [0.15, 0.2) is 0 Å². The maximum Gasteiger partial charge on any atom is 0.416 e. The predicted molar refractivity (Wildman–Crippen MR) is 167 cm³/mol. The quantitative estimate of drug-likeness (QED) is 0.169. The Kier molecular flexibility index (Phi) is 11.4. The average molecular weight is 699 g/mol. The highest BCUT2D eigenvalue weighted by Crippen LogP contribution is 2.41. The summed E-state index contributed by atoms with van der Waals surface area (Å²) in [6.07, 6.45) is -8.91. The number of fused-ring (bicyclic) bond motifs is 1. The molecule has 2 aromatic heterocycles. The number of amides is 1. The second-order valence-corrected chi connectivity index (χ2v) is 11.2. The molecular weight excluding hydrogens is 662 g/mol. The van der Waals surface area contributed by atoms with Gasteiger partial charge in [0.05, 0.1) is 73.4 Å². The van der Waals surface area contributed by atoms with Gasteiger partial charge in [-0.3, -0.25) is 9.69 Å². The van der Waals surface area contributed by atoms with Crippen LogP contribution in [0.5, 0.6) is 5.88 Å². The highest BCUT2D eigenvalue weighted by atomic mass is 19.4. The van der Waals surface area contributed by atoms with E-state index in [0.717, 1.165) is 0 Å². The van der Waals surface area contributed by atoms with Gasteiger partial charge in [0.25, 0.3) is 0 Å². The van der Waals surface area contributed by atoms with Gasteiger partial charge in [-0.15, -0.1) is 0 Å². The van der Waals surface area contributed by atoms with Crippen LogP contribution in [0.2, 0.25) is 0 Å². The van der Waals surface area contributed by atoms with Gasteiger partial charge in [-0.2, -0.15) is 26.3 Å². The molecule has 1 amide bonds. The molecule has 0 aliphatic carbocycles. The summed E-state index contributed by atoms with van der Waals surface area (Å²) in [5, 5.41) is 3.20. The predicted octanol–water partition coefficient (Wildman–Crippen LogP) is 6.81. The van der Waals surface area contributed by atoms with E-state index in [1.807, 2.05) is 6.92 Å². The lowest BCUT2D eigenvalue weighted by Gasteiger charge is -2.39. The monoisotopic (exact) mass is 698 g/mol. The second-order valence-electron chi connectivity index (χ2n) is 11.2. The van der Waals surface area contributed by atoms with E-state index in [0.29, 0.717) is 36.4 Å². The molecule has 17 heteroatoms. The third-order valence-corrected chi connectivity index (χ3v) is 7.94. The van der Waals surface area contributed by atoms with Gasteiger partial charge >= 0.3 is 24.4 Å². The fourth-order valence-corrected chi connectivity index (χ4v) is 5.51. The summed E-state index contributed by atoms with van der Waals surface area (Å²) in [7, 11) is 4.22. The Hall–Kier alpha value is -4.83. The van der Waals surface area contributed by atoms with Gasteiger partial charge in [-0.1, -0.05) is 6.92 Å². The Morgan fingerprint density at radius 1 is 1.02 bits per heavy atom. The van der Waals surface area contributed by atoms with E-state index >= 15 is 0 Å². The van der Waals surface area contributed by atoms with Gasteiger partial charge in [0, 0.05) is 32.1 Å². The Labute approximate surface area is 278 Å². The molecule has 0 bridgehead atoms. The highest BCUT2D eigenvalue weighted by molar-refractivity contribution is 5.90. The maximum atomic E-state index is 13.7. The lowest BCUT2D eigenvalue weighted by Crippen LogP contribution is -2.46. The molecule has 2 atom stereocenters. The summed E-state index contributed by atoms with van der Waals surface area (Å²) in [5.74, 6) is -0.261. The molecule has 1 aliphatic rings. The number of rotatable bonds is 11. The zero-order chi connectivity index (χ0) is 36.1. The van der Waals surface area contributed by atoms with Gasteiger partial charge < -0.3 is 24.4 Å². The number of hydrogen-bond donors (Lipinski definition) is 1. The molecule has 0 saturated carbocycles. The minimum atomic E-state index is -5.04. The zero-order valence-corrected chi connectivity index (χ0v) is 27.4. The van der Waals surface area contributed by atoms with Gasteiger partial charge in [0.1, 0.15) is 0 Å². The maximum absolute atomic E-state index is 13.7. The molecule has 0 unspecified atom stereocenters. The number of esters is 1. The third-order valence-electron chi connectivity index (χ3n) is 7.94. The largest absolute Gasteiger partial charge is 0.481 e. The van der Waals surface area contributed by atoms with Crippen LogP contribution in [0.1, 0.15) is 67.2 Å². The minimum absolute atomic E-state index is 0.00291. The molecule has 266 valence electrons. The number of aromatic nitrogens is 3. The van der Waals surface area contributed by atoms with Crippen molar-refractivity contribution in [3.8, 4) is 5.88 Å². The molecule has 0 fully saturated rings. The van der Waals surface area contributed by atoms with E-state index in [9.17, 15) is 35.9 Å². The number of benzene rings is 1. The van der Waals surface area contributed by atoms with Crippen LogP contribution in [-0.4, -0.2) is 67.5 Å². The molecule has 49 heavy (non-hydrogen) atoms. The number of ether oxygens (including phenoxy) is 3. The molecule has 1 N–H and O–H groups in total. The number of carbonyl (C=O) groups is 2. The molecule has 0 spiro atoms. The van der Waals surface area contributed by atoms with Crippen LogP contribution >= 0.6 is 0 Å². The van der Waals surface area contributed by atoms with Crippen molar-refractivity contribution < 1.29 is 50.1 Å². The first-order chi connectivity index (χ1) is 23.1. The Morgan fingerprint density at radius 2 is 1.69 bits per heavy atom. The number of anilines is 3. The summed E-state index contributed by atoms with van der Waals surface area (Å²) >= 11 is 0. The summed E-state index contributed by atoms with van der Waals surface area (Å²) < 4.78 is 97.3. The van der Waals surface area contributed by atoms with Crippen LogP contribution in [0.4, 0.5) is 48.5 Å². The first kappa shape index (κ1) is 37.0. The molecule has 0 radical (unpaired) electrons. The van der Waals surface area contributed by atoms with E-state index in [-0.39, 0.29) is 60.5 Å². The zero-order valence-electron chi connectivity index (χ0n) is 27.4. The normalized spacial score (nSPS) is 16.1. The van der Waals surface area contributed by atoms with E-state index in [1.54, 1.807) is 31.0 Å². The van der Waals surface area contributed by atoms with Crippen molar-refractivity contribution in [2.45, 2.75) is 64.0 Å². The molecule has 0 saturated heterocycles. The first-order valence-electron chi connectivity index (χ1n) is 15.3. The van der Waals surface area contributed by atoms with Gasteiger partial charge in [-0.05, 0) is 49.6 Å². The number of pyridine rings is 1. The smallest absolute Gasteiger partial charge is 0.416 e. The van der Waals surface area contributed by atoms with Crippen molar-refractivity contribution in [2.75, 3.05) is 49.5 Å². The molecule has 1 aromatic carbocycles. The van der Waals surface area contributed by atoms with Crippen molar-refractivity contribution in [1.29, 1.82) is 0 Å². The number of nitrogens with zero attached hydrogens (tertiary/aromatic N) is 5. The Balaban J connectivity index is 1.79. The van der Waals surface area contributed by atoms with Gasteiger partial charge in [0.2, 0.25) is 11.8 Å². The van der Waals surface area contributed by atoms with E-state index < -0.39 is 48.0 Å². The van der Waals surface area contributed by atoms with Crippen molar-refractivity contribution in [2.24, 2.45) is 0 Å². The standard InChI is InChI=1S/C32H36F6N6O5/c1-6-21-16-23(28-24(8-9-26(42-28)47-4)44(21)30(46)49-7-2)41-29-39-17-25(43(3)11-10-27(45)48-5)22(40-29)14-18-12-19(31(33,34)35)15-20(13-18)32(36,37)38/h8-9,12-13,15,17,21,23H,6-7,10-11,14,16H2,1-5H3,(H,39,40,41)/t21-,23+/m1/s1. The van der Waals surface area contributed by atoms with Crippen LogP contribution in [0, 0.1) is 0 Å². The van der Waals surface area contributed by atoms with Crippen molar-refractivity contribution >= 4 is 29.4 Å². The first-order valence-corrected chi connectivity index (χ1v) is 15.3. The number of hydrogen-bond acceptors (Lipinski definition) is 10. The lowest BCUT2D eigenvalue weighted by atomic mass is 9.93. The number of halogens is 6. The van der Waals surface area contributed by atoms with Gasteiger partial charge in [-0.25, -0.2) is 19.7 Å². The Morgan fingerprint density at radius 3 is 2.27 bits per heavy atom. The highest BCUT2D eigenvalue weighted by Gasteiger charge is 2.39. The molecule has 4 rings (SSSR count). The SMILES string of the molecule is CCOC(=O)N1c2ccc(OC)nc2[C@@H](Nc2ncc(N(C)CCC(=O)OC)c(Cc3cc(C(F)(F)F)cc(C(F)(F)F)c3)n2)C[C@H]1CC. The summed E-state index contributed by atoms with van der Waals surface area (Å²) in [6.45, 7) is 3.83. The van der Waals surface area contributed by atoms with E-state index in [2.05, 4.69) is 25.0 Å². The molecule has 3 heterocycles. The lowest BCUT2D eigenvalue weighted by molar-refractivity contribution is -0.143. The second kappa shape index (κ2) is 15.2.